The Morgan fingerprint density at radius 1 is 1.16 bits per heavy atom. The quantitative estimate of drug-likeness (QED) is 0.738. The summed E-state index contributed by atoms with van der Waals surface area (Å²) < 4.78 is 1.53. The molecular formula is C16H16N4O5. The first kappa shape index (κ1) is 16.8. The number of rotatable bonds is 6. The number of nitrogens with zero attached hydrogens (tertiary/aromatic N) is 4. The zero-order valence-electron chi connectivity index (χ0n) is 13.3. The monoisotopic (exact) mass is 344 g/mol. The van der Waals surface area contributed by atoms with Gasteiger partial charge in [0, 0.05) is 18.4 Å². The van der Waals surface area contributed by atoms with Crippen LogP contribution in [-0.2, 0) is 32.2 Å². The van der Waals surface area contributed by atoms with E-state index in [0.29, 0.717) is 22.9 Å². The van der Waals surface area contributed by atoms with Gasteiger partial charge in [-0.25, -0.2) is 9.48 Å². The van der Waals surface area contributed by atoms with Crippen LogP contribution in [0.15, 0.2) is 30.5 Å². The number of amides is 2. The van der Waals surface area contributed by atoms with Gasteiger partial charge in [0.1, 0.15) is 5.69 Å². The van der Waals surface area contributed by atoms with E-state index in [1.54, 1.807) is 30.5 Å². The second kappa shape index (κ2) is 7.22. The normalized spacial score (nSPS) is 14.2. The molecule has 2 amide bonds. The first-order chi connectivity index (χ1) is 12.1. The fourth-order valence-corrected chi connectivity index (χ4v) is 2.39. The number of aromatic nitrogens is 3. The molecule has 1 aliphatic rings. The Kier molecular flexibility index (Phi) is 4.85. The molecule has 0 radical (unpaired) electrons. The number of hydrogen-bond acceptors (Lipinski definition) is 7. The highest BCUT2D eigenvalue weighted by atomic mass is 16.7. The average molecular weight is 344 g/mol. The van der Waals surface area contributed by atoms with Gasteiger partial charge < -0.3 is 9.94 Å². The molecule has 0 aliphatic carbocycles. The van der Waals surface area contributed by atoms with Crippen molar-refractivity contribution in [1.82, 2.24) is 20.1 Å². The van der Waals surface area contributed by atoms with Crippen molar-refractivity contribution in [3.05, 3.63) is 36.0 Å². The van der Waals surface area contributed by atoms with E-state index in [2.05, 4.69) is 10.3 Å². The molecule has 9 heteroatoms. The van der Waals surface area contributed by atoms with Crippen molar-refractivity contribution in [2.45, 2.75) is 25.8 Å². The lowest BCUT2D eigenvalue weighted by Gasteiger charge is -2.12. The zero-order chi connectivity index (χ0) is 17.8. The lowest BCUT2D eigenvalue weighted by Crippen LogP contribution is -2.32. The Morgan fingerprint density at radius 2 is 1.84 bits per heavy atom. The standard InChI is InChI=1S/C16H16N4O5/c21-8-7-19-10-13(17-18-19)12-3-1-11(2-4-12)9-16(24)25-20-14(22)5-6-15(20)23/h1-4,10,21H,5-9H2. The molecule has 1 aromatic heterocycles. The third-order valence-corrected chi connectivity index (χ3v) is 3.66. The van der Waals surface area contributed by atoms with Crippen molar-refractivity contribution >= 4 is 17.8 Å². The number of imide groups is 1. The molecule has 2 heterocycles. The SMILES string of the molecule is O=C(Cc1ccc(-c2cn(CCO)nn2)cc1)ON1C(=O)CCC1=O. The van der Waals surface area contributed by atoms with Crippen LogP contribution in [-0.4, -0.2) is 49.6 Å². The Hall–Kier alpha value is -3.07. The molecule has 1 fully saturated rings. The second-order valence-electron chi connectivity index (χ2n) is 5.51. The largest absolute Gasteiger partial charge is 0.394 e. The van der Waals surface area contributed by atoms with Crippen molar-refractivity contribution in [3.8, 4) is 11.3 Å². The Labute approximate surface area is 142 Å². The number of carbonyl (C=O) groups is 3. The third-order valence-electron chi connectivity index (χ3n) is 3.66. The lowest BCUT2D eigenvalue weighted by atomic mass is 10.1. The van der Waals surface area contributed by atoms with Crippen LogP contribution in [0, 0.1) is 0 Å². The first-order valence-corrected chi connectivity index (χ1v) is 7.73. The molecule has 0 spiro atoms. The van der Waals surface area contributed by atoms with Crippen molar-refractivity contribution in [1.29, 1.82) is 0 Å². The van der Waals surface area contributed by atoms with Gasteiger partial charge in [-0.05, 0) is 5.56 Å². The van der Waals surface area contributed by atoms with Crippen molar-refractivity contribution in [3.63, 3.8) is 0 Å². The Morgan fingerprint density at radius 3 is 2.48 bits per heavy atom. The van der Waals surface area contributed by atoms with Crippen LogP contribution in [0.5, 0.6) is 0 Å². The van der Waals surface area contributed by atoms with Crippen molar-refractivity contribution in [2.75, 3.05) is 6.61 Å². The molecule has 1 aliphatic heterocycles. The predicted molar refractivity (Wildman–Crippen MR) is 83.4 cm³/mol. The molecule has 0 saturated carbocycles. The maximum atomic E-state index is 11.9. The minimum Gasteiger partial charge on any atom is -0.394 e. The van der Waals surface area contributed by atoms with Crippen molar-refractivity contribution < 1.29 is 24.3 Å². The summed E-state index contributed by atoms with van der Waals surface area (Å²) in [5, 5.41) is 17.3. The van der Waals surface area contributed by atoms with Gasteiger partial charge in [-0.3, -0.25) is 9.59 Å². The zero-order valence-corrected chi connectivity index (χ0v) is 13.3. The number of hydroxylamine groups is 2. The molecule has 0 bridgehead atoms. The molecule has 1 saturated heterocycles. The van der Waals surface area contributed by atoms with E-state index in [4.69, 9.17) is 9.94 Å². The van der Waals surface area contributed by atoms with Crippen LogP contribution < -0.4 is 0 Å². The van der Waals surface area contributed by atoms with Crippen LogP contribution in [0.3, 0.4) is 0 Å². The van der Waals surface area contributed by atoms with Crippen LogP contribution in [0.4, 0.5) is 0 Å². The third kappa shape index (κ3) is 3.89. The molecule has 2 aromatic rings. The Balaban J connectivity index is 1.61. The fourth-order valence-electron chi connectivity index (χ4n) is 2.39. The molecule has 3 rings (SSSR count). The summed E-state index contributed by atoms with van der Waals surface area (Å²) in [7, 11) is 0. The van der Waals surface area contributed by atoms with Gasteiger partial charge >= 0.3 is 5.97 Å². The maximum Gasteiger partial charge on any atom is 0.337 e. The molecule has 25 heavy (non-hydrogen) atoms. The van der Waals surface area contributed by atoms with Gasteiger partial charge in [0.05, 0.1) is 25.8 Å². The number of benzene rings is 1. The molecule has 1 aromatic carbocycles. The summed E-state index contributed by atoms with van der Waals surface area (Å²) in [6, 6.07) is 7.02. The maximum absolute atomic E-state index is 11.9. The van der Waals surface area contributed by atoms with E-state index in [9.17, 15) is 14.4 Å². The first-order valence-electron chi connectivity index (χ1n) is 7.73. The summed E-state index contributed by atoms with van der Waals surface area (Å²) in [6.45, 7) is 0.344. The molecule has 130 valence electrons. The summed E-state index contributed by atoms with van der Waals surface area (Å²) in [6.07, 6.45) is 1.79. The van der Waals surface area contributed by atoms with Crippen molar-refractivity contribution in [2.24, 2.45) is 0 Å². The molecule has 1 N–H and O–H groups in total. The van der Waals surface area contributed by atoms with E-state index in [1.165, 1.54) is 4.68 Å². The van der Waals surface area contributed by atoms with Gasteiger partial charge in [-0.15, -0.1) is 10.2 Å². The van der Waals surface area contributed by atoms with E-state index < -0.39 is 17.8 Å². The van der Waals surface area contributed by atoms with Crippen LogP contribution >= 0.6 is 0 Å². The highest BCUT2D eigenvalue weighted by molar-refractivity contribution is 6.01. The summed E-state index contributed by atoms with van der Waals surface area (Å²) in [5.41, 5.74) is 2.14. The van der Waals surface area contributed by atoms with Gasteiger partial charge in [0.25, 0.3) is 11.8 Å². The topological polar surface area (TPSA) is 115 Å². The number of carbonyl (C=O) groups excluding carboxylic acids is 3. The van der Waals surface area contributed by atoms with E-state index in [-0.39, 0.29) is 25.9 Å². The minimum atomic E-state index is -0.676. The Bertz CT molecular complexity index is 783. The summed E-state index contributed by atoms with van der Waals surface area (Å²) in [4.78, 5) is 39.5. The van der Waals surface area contributed by atoms with Gasteiger partial charge in [-0.1, -0.05) is 29.5 Å². The number of hydrogen-bond donors (Lipinski definition) is 1. The molecule has 9 nitrogen and oxygen atoms in total. The number of aliphatic hydroxyl groups is 1. The predicted octanol–water partition coefficient (Wildman–Crippen LogP) is 0.0871. The van der Waals surface area contributed by atoms with Gasteiger partial charge in [0.2, 0.25) is 0 Å². The van der Waals surface area contributed by atoms with Gasteiger partial charge in [0.15, 0.2) is 0 Å². The summed E-state index contributed by atoms with van der Waals surface area (Å²) in [5.74, 6) is -1.68. The average Bonchev–Trinajstić information content (AvgIpc) is 3.18. The smallest absolute Gasteiger partial charge is 0.337 e. The summed E-state index contributed by atoms with van der Waals surface area (Å²) >= 11 is 0. The second-order valence-corrected chi connectivity index (χ2v) is 5.51. The minimum absolute atomic E-state index is 0.0220. The van der Waals surface area contributed by atoms with E-state index in [0.717, 1.165) is 5.56 Å². The van der Waals surface area contributed by atoms with E-state index >= 15 is 0 Å². The van der Waals surface area contributed by atoms with Gasteiger partial charge in [-0.2, -0.15) is 0 Å². The fraction of sp³-hybridized carbons (Fsp3) is 0.312. The van der Waals surface area contributed by atoms with Crippen LogP contribution in [0.25, 0.3) is 11.3 Å². The molecule has 0 unspecified atom stereocenters. The van der Waals surface area contributed by atoms with E-state index in [1.807, 2.05) is 0 Å². The van der Waals surface area contributed by atoms with Crippen LogP contribution in [0.1, 0.15) is 18.4 Å². The highest BCUT2D eigenvalue weighted by Gasteiger charge is 2.32. The van der Waals surface area contributed by atoms with Crippen LogP contribution in [0.2, 0.25) is 0 Å². The lowest BCUT2D eigenvalue weighted by molar-refractivity contribution is -0.197. The molecular weight excluding hydrogens is 328 g/mol. The number of aliphatic hydroxyl groups excluding tert-OH is 1. The molecule has 0 atom stereocenters. The highest BCUT2D eigenvalue weighted by Crippen LogP contribution is 2.18.